The van der Waals surface area contributed by atoms with Crippen LogP contribution in [0.15, 0.2) is 24.3 Å². The molecule has 1 amide bonds. The summed E-state index contributed by atoms with van der Waals surface area (Å²) in [6, 6.07) is 7.69. The Balaban J connectivity index is 1.76. The molecule has 0 saturated heterocycles. The third kappa shape index (κ3) is 4.23. The standard InChI is InChI=1S/C16H23NO3/c1-20-13-9-6-12(7-10-13)8-11-16(19)17-14-4-2-3-5-15(14)18/h6-7,9-10,14-15,18H,2-5,8,11H2,1H3,(H,17,19). The maximum Gasteiger partial charge on any atom is 0.220 e. The summed E-state index contributed by atoms with van der Waals surface area (Å²) < 4.78 is 5.10. The van der Waals surface area contributed by atoms with Crippen LogP contribution in [0.4, 0.5) is 0 Å². The number of aliphatic hydroxyl groups is 1. The number of nitrogens with one attached hydrogen (secondary N) is 1. The summed E-state index contributed by atoms with van der Waals surface area (Å²) in [6.45, 7) is 0. The van der Waals surface area contributed by atoms with Gasteiger partial charge in [0.1, 0.15) is 5.75 Å². The van der Waals surface area contributed by atoms with E-state index in [1.807, 2.05) is 24.3 Å². The summed E-state index contributed by atoms with van der Waals surface area (Å²) in [4.78, 5) is 11.9. The molecule has 0 bridgehead atoms. The van der Waals surface area contributed by atoms with Crippen molar-refractivity contribution in [2.24, 2.45) is 0 Å². The molecule has 2 unspecified atom stereocenters. The number of benzene rings is 1. The molecule has 1 saturated carbocycles. The summed E-state index contributed by atoms with van der Waals surface area (Å²) in [6.07, 6.45) is 4.60. The fraction of sp³-hybridized carbons (Fsp3) is 0.562. The maximum absolute atomic E-state index is 11.9. The third-order valence-corrected chi connectivity index (χ3v) is 3.88. The molecule has 0 heterocycles. The highest BCUT2D eigenvalue weighted by Crippen LogP contribution is 2.18. The maximum atomic E-state index is 11.9. The summed E-state index contributed by atoms with van der Waals surface area (Å²) in [5, 5.41) is 12.8. The zero-order valence-electron chi connectivity index (χ0n) is 12.0. The molecule has 1 aromatic rings. The van der Waals surface area contributed by atoms with E-state index in [1.165, 1.54) is 0 Å². The van der Waals surface area contributed by atoms with Gasteiger partial charge in [0.15, 0.2) is 0 Å². The molecule has 20 heavy (non-hydrogen) atoms. The molecule has 1 fully saturated rings. The van der Waals surface area contributed by atoms with Gasteiger partial charge in [0.2, 0.25) is 5.91 Å². The Morgan fingerprint density at radius 3 is 2.65 bits per heavy atom. The van der Waals surface area contributed by atoms with Gasteiger partial charge in [0, 0.05) is 6.42 Å². The molecule has 1 aromatic carbocycles. The topological polar surface area (TPSA) is 58.6 Å². The highest BCUT2D eigenvalue weighted by molar-refractivity contribution is 5.76. The van der Waals surface area contributed by atoms with Crippen molar-refractivity contribution >= 4 is 5.91 Å². The normalized spacial score (nSPS) is 22.3. The first-order valence-electron chi connectivity index (χ1n) is 7.29. The lowest BCUT2D eigenvalue weighted by molar-refractivity contribution is -0.123. The van der Waals surface area contributed by atoms with Gasteiger partial charge in [-0.05, 0) is 37.0 Å². The molecule has 110 valence electrons. The van der Waals surface area contributed by atoms with E-state index in [1.54, 1.807) is 7.11 Å². The van der Waals surface area contributed by atoms with E-state index >= 15 is 0 Å². The van der Waals surface area contributed by atoms with Crippen LogP contribution in [0.2, 0.25) is 0 Å². The van der Waals surface area contributed by atoms with Crippen LogP contribution < -0.4 is 10.1 Å². The van der Waals surface area contributed by atoms with Gasteiger partial charge >= 0.3 is 0 Å². The fourth-order valence-corrected chi connectivity index (χ4v) is 2.61. The number of aliphatic hydroxyl groups excluding tert-OH is 1. The minimum absolute atomic E-state index is 0.0202. The predicted octanol–water partition coefficient (Wildman–Crippen LogP) is 2.05. The molecular formula is C16H23NO3. The van der Waals surface area contributed by atoms with Gasteiger partial charge in [-0.1, -0.05) is 25.0 Å². The van der Waals surface area contributed by atoms with Crippen LogP contribution in [-0.4, -0.2) is 30.3 Å². The van der Waals surface area contributed by atoms with Crippen LogP contribution in [0.1, 0.15) is 37.7 Å². The van der Waals surface area contributed by atoms with Crippen molar-refractivity contribution in [2.45, 2.75) is 50.7 Å². The molecule has 1 aliphatic rings. The molecule has 0 aromatic heterocycles. The Morgan fingerprint density at radius 2 is 2.00 bits per heavy atom. The Morgan fingerprint density at radius 1 is 1.30 bits per heavy atom. The van der Waals surface area contributed by atoms with E-state index in [0.717, 1.165) is 37.0 Å². The SMILES string of the molecule is COc1ccc(CCC(=O)NC2CCCCC2O)cc1. The Hall–Kier alpha value is -1.55. The second kappa shape index (κ2) is 7.29. The van der Waals surface area contributed by atoms with Gasteiger partial charge in [-0.2, -0.15) is 0 Å². The second-order valence-corrected chi connectivity index (χ2v) is 5.37. The smallest absolute Gasteiger partial charge is 0.220 e. The molecule has 2 N–H and O–H groups in total. The van der Waals surface area contributed by atoms with Gasteiger partial charge in [-0.25, -0.2) is 0 Å². The summed E-state index contributed by atoms with van der Waals surface area (Å²) in [7, 11) is 1.64. The highest BCUT2D eigenvalue weighted by atomic mass is 16.5. The van der Waals surface area contributed by atoms with E-state index in [-0.39, 0.29) is 18.1 Å². The summed E-state index contributed by atoms with van der Waals surface area (Å²) in [5.74, 6) is 0.843. The van der Waals surface area contributed by atoms with Crippen molar-refractivity contribution in [3.05, 3.63) is 29.8 Å². The zero-order chi connectivity index (χ0) is 14.4. The molecule has 0 spiro atoms. The summed E-state index contributed by atoms with van der Waals surface area (Å²) >= 11 is 0. The van der Waals surface area contributed by atoms with Crippen molar-refractivity contribution in [3.8, 4) is 5.75 Å². The van der Waals surface area contributed by atoms with E-state index < -0.39 is 0 Å². The third-order valence-electron chi connectivity index (χ3n) is 3.88. The molecule has 4 heteroatoms. The first-order chi connectivity index (χ1) is 9.69. The number of hydrogen-bond acceptors (Lipinski definition) is 3. The van der Waals surface area contributed by atoms with Gasteiger partial charge in [0.25, 0.3) is 0 Å². The number of amides is 1. The molecular weight excluding hydrogens is 254 g/mol. The number of methoxy groups -OCH3 is 1. The van der Waals surface area contributed by atoms with Crippen molar-refractivity contribution in [1.82, 2.24) is 5.32 Å². The monoisotopic (exact) mass is 277 g/mol. The molecule has 0 radical (unpaired) electrons. The molecule has 1 aliphatic carbocycles. The first-order valence-corrected chi connectivity index (χ1v) is 7.29. The van der Waals surface area contributed by atoms with Crippen LogP contribution in [0, 0.1) is 0 Å². The lowest BCUT2D eigenvalue weighted by Gasteiger charge is -2.28. The second-order valence-electron chi connectivity index (χ2n) is 5.37. The van der Waals surface area contributed by atoms with Crippen LogP contribution in [0.25, 0.3) is 0 Å². The number of hydrogen-bond donors (Lipinski definition) is 2. The van der Waals surface area contributed by atoms with Crippen molar-refractivity contribution in [2.75, 3.05) is 7.11 Å². The summed E-state index contributed by atoms with van der Waals surface area (Å²) in [5.41, 5.74) is 1.12. The number of aryl methyl sites for hydroxylation is 1. The molecule has 4 nitrogen and oxygen atoms in total. The number of rotatable bonds is 5. The first kappa shape index (κ1) is 14.9. The van der Waals surface area contributed by atoms with Crippen molar-refractivity contribution < 1.29 is 14.6 Å². The quantitative estimate of drug-likeness (QED) is 0.866. The minimum atomic E-state index is -0.381. The van der Waals surface area contributed by atoms with Crippen molar-refractivity contribution in [3.63, 3.8) is 0 Å². The lowest BCUT2D eigenvalue weighted by Crippen LogP contribution is -2.45. The number of carbonyl (C=O) groups is 1. The Kier molecular flexibility index (Phi) is 5.41. The molecule has 2 rings (SSSR count). The van der Waals surface area contributed by atoms with Gasteiger partial charge < -0.3 is 15.2 Å². The Labute approximate surface area is 120 Å². The fourth-order valence-electron chi connectivity index (χ4n) is 2.61. The molecule has 2 atom stereocenters. The molecule has 0 aliphatic heterocycles. The van der Waals surface area contributed by atoms with Crippen LogP contribution in [0.5, 0.6) is 5.75 Å². The van der Waals surface area contributed by atoms with Crippen LogP contribution in [-0.2, 0) is 11.2 Å². The van der Waals surface area contributed by atoms with Gasteiger partial charge in [-0.15, -0.1) is 0 Å². The van der Waals surface area contributed by atoms with Gasteiger partial charge in [-0.3, -0.25) is 4.79 Å². The van der Waals surface area contributed by atoms with Crippen LogP contribution >= 0.6 is 0 Å². The predicted molar refractivity (Wildman–Crippen MR) is 77.7 cm³/mol. The van der Waals surface area contributed by atoms with E-state index in [9.17, 15) is 9.90 Å². The minimum Gasteiger partial charge on any atom is -0.497 e. The number of carbonyl (C=O) groups excluding carboxylic acids is 1. The zero-order valence-corrected chi connectivity index (χ0v) is 12.0. The van der Waals surface area contributed by atoms with Crippen LogP contribution in [0.3, 0.4) is 0 Å². The van der Waals surface area contributed by atoms with E-state index in [4.69, 9.17) is 4.74 Å². The highest BCUT2D eigenvalue weighted by Gasteiger charge is 2.24. The number of ether oxygens (including phenoxy) is 1. The van der Waals surface area contributed by atoms with Gasteiger partial charge in [0.05, 0.1) is 19.3 Å². The largest absolute Gasteiger partial charge is 0.497 e. The lowest BCUT2D eigenvalue weighted by atomic mass is 9.92. The average molecular weight is 277 g/mol. The Bertz CT molecular complexity index is 430. The van der Waals surface area contributed by atoms with E-state index in [2.05, 4.69) is 5.32 Å². The van der Waals surface area contributed by atoms with E-state index in [0.29, 0.717) is 12.8 Å². The average Bonchev–Trinajstić information content (AvgIpc) is 2.48. The van der Waals surface area contributed by atoms with Crippen molar-refractivity contribution in [1.29, 1.82) is 0 Å².